The highest BCUT2D eigenvalue weighted by molar-refractivity contribution is 5.73. The van der Waals surface area contributed by atoms with Crippen LogP contribution in [0.5, 0.6) is 0 Å². The second-order valence-electron chi connectivity index (χ2n) is 5.19. The van der Waals surface area contributed by atoms with Crippen molar-refractivity contribution in [3.63, 3.8) is 0 Å². The smallest absolute Gasteiger partial charge is 0.307 e. The highest BCUT2D eigenvalue weighted by Crippen LogP contribution is 2.53. The first-order chi connectivity index (χ1) is 9.08. The normalized spacial score (nSPS) is 31.6. The number of benzene rings is 1. The number of allylic oxidation sites excluding steroid dienone is 2. The van der Waals surface area contributed by atoms with Gasteiger partial charge in [0.15, 0.2) is 0 Å². The molecule has 0 unspecified atom stereocenters. The molecule has 5 nitrogen and oxygen atoms in total. The number of nitrogens with zero attached hydrogens (tertiary/aromatic N) is 1. The van der Waals surface area contributed by atoms with Crippen molar-refractivity contribution in [2.45, 2.75) is 12.3 Å². The molecule has 3 rings (SSSR count). The number of hydrogen-bond donors (Lipinski definition) is 1. The molecule has 0 spiro atoms. The SMILES string of the molecule is O=C(O)[C@H]1[C@@H](c2cccc([N+](=O)[O-])c2)[C@H]2C=C[C@H]1C2. The van der Waals surface area contributed by atoms with Gasteiger partial charge in [0.05, 0.1) is 10.8 Å². The number of nitro groups is 1. The number of hydrogen-bond acceptors (Lipinski definition) is 3. The van der Waals surface area contributed by atoms with Crippen LogP contribution in [0.1, 0.15) is 17.9 Å². The third-order valence-corrected chi connectivity index (χ3v) is 4.21. The number of carboxylic acids is 1. The van der Waals surface area contributed by atoms with E-state index in [0.717, 1.165) is 12.0 Å². The highest BCUT2D eigenvalue weighted by atomic mass is 16.6. The van der Waals surface area contributed by atoms with Crippen molar-refractivity contribution in [2.24, 2.45) is 17.8 Å². The number of non-ortho nitro benzene ring substituents is 1. The van der Waals surface area contributed by atoms with Gasteiger partial charge in [-0.3, -0.25) is 14.9 Å². The van der Waals surface area contributed by atoms with E-state index in [1.165, 1.54) is 12.1 Å². The number of fused-ring (bicyclic) bond motifs is 2. The van der Waals surface area contributed by atoms with Crippen LogP contribution in [-0.4, -0.2) is 16.0 Å². The first kappa shape index (κ1) is 11.9. The molecule has 2 aliphatic carbocycles. The van der Waals surface area contributed by atoms with Crippen LogP contribution in [0, 0.1) is 27.9 Å². The molecule has 19 heavy (non-hydrogen) atoms. The van der Waals surface area contributed by atoms with Crippen molar-refractivity contribution >= 4 is 11.7 Å². The van der Waals surface area contributed by atoms with Crippen LogP contribution in [0.4, 0.5) is 5.69 Å². The van der Waals surface area contributed by atoms with Gasteiger partial charge >= 0.3 is 5.97 Å². The molecular weight excluding hydrogens is 246 g/mol. The number of rotatable bonds is 3. The molecule has 1 aromatic carbocycles. The third kappa shape index (κ3) is 1.82. The van der Waals surface area contributed by atoms with E-state index in [4.69, 9.17) is 0 Å². The van der Waals surface area contributed by atoms with Gasteiger partial charge in [0, 0.05) is 18.1 Å². The van der Waals surface area contributed by atoms with Crippen molar-refractivity contribution in [3.05, 3.63) is 52.1 Å². The van der Waals surface area contributed by atoms with E-state index in [0.29, 0.717) is 0 Å². The van der Waals surface area contributed by atoms with Crippen LogP contribution in [0.3, 0.4) is 0 Å². The lowest BCUT2D eigenvalue weighted by atomic mass is 9.78. The number of aliphatic carboxylic acids is 1. The van der Waals surface area contributed by atoms with Crippen LogP contribution in [0.25, 0.3) is 0 Å². The molecule has 4 atom stereocenters. The van der Waals surface area contributed by atoms with Gasteiger partial charge in [0.2, 0.25) is 0 Å². The predicted octanol–water partition coefficient (Wildman–Crippen LogP) is 2.59. The molecule has 0 radical (unpaired) electrons. The zero-order chi connectivity index (χ0) is 13.6. The monoisotopic (exact) mass is 259 g/mol. The Hall–Kier alpha value is -2.17. The maximum atomic E-state index is 11.4. The number of carbonyl (C=O) groups is 1. The summed E-state index contributed by atoms with van der Waals surface area (Å²) in [5.41, 5.74) is 0.784. The van der Waals surface area contributed by atoms with Crippen molar-refractivity contribution in [2.75, 3.05) is 0 Å². The van der Waals surface area contributed by atoms with Gasteiger partial charge in [-0.15, -0.1) is 0 Å². The fourth-order valence-electron chi connectivity index (χ4n) is 3.46. The van der Waals surface area contributed by atoms with E-state index in [1.54, 1.807) is 12.1 Å². The highest BCUT2D eigenvalue weighted by Gasteiger charge is 2.49. The Bertz CT molecular complexity index is 581. The first-order valence-electron chi connectivity index (χ1n) is 6.23. The van der Waals surface area contributed by atoms with E-state index in [1.807, 2.05) is 12.2 Å². The fourth-order valence-corrected chi connectivity index (χ4v) is 3.46. The summed E-state index contributed by atoms with van der Waals surface area (Å²) < 4.78 is 0. The van der Waals surface area contributed by atoms with E-state index in [2.05, 4.69) is 0 Å². The Balaban J connectivity index is 2.01. The van der Waals surface area contributed by atoms with Gasteiger partial charge in [-0.25, -0.2) is 0 Å². The summed E-state index contributed by atoms with van der Waals surface area (Å²) in [4.78, 5) is 21.8. The largest absolute Gasteiger partial charge is 0.481 e. The van der Waals surface area contributed by atoms with Crippen LogP contribution < -0.4 is 0 Å². The minimum Gasteiger partial charge on any atom is -0.481 e. The molecule has 0 aliphatic heterocycles. The second-order valence-corrected chi connectivity index (χ2v) is 5.19. The summed E-state index contributed by atoms with van der Waals surface area (Å²) in [6.45, 7) is 0. The molecule has 0 saturated heterocycles. The van der Waals surface area contributed by atoms with E-state index >= 15 is 0 Å². The molecule has 5 heteroatoms. The Morgan fingerprint density at radius 3 is 2.74 bits per heavy atom. The van der Waals surface area contributed by atoms with E-state index in [-0.39, 0.29) is 23.4 Å². The Morgan fingerprint density at radius 2 is 2.05 bits per heavy atom. The zero-order valence-corrected chi connectivity index (χ0v) is 10.1. The molecular formula is C14H13NO4. The van der Waals surface area contributed by atoms with Gasteiger partial charge in [0.25, 0.3) is 5.69 Å². The average molecular weight is 259 g/mol. The summed E-state index contributed by atoms with van der Waals surface area (Å²) >= 11 is 0. The van der Waals surface area contributed by atoms with Gasteiger partial charge in [0.1, 0.15) is 0 Å². The van der Waals surface area contributed by atoms with Gasteiger partial charge < -0.3 is 5.11 Å². The summed E-state index contributed by atoms with van der Waals surface area (Å²) in [5, 5.41) is 20.2. The summed E-state index contributed by atoms with van der Waals surface area (Å²) in [5.74, 6) is -1.17. The predicted molar refractivity (Wildman–Crippen MR) is 67.7 cm³/mol. The second kappa shape index (κ2) is 4.19. The van der Waals surface area contributed by atoms with Crippen molar-refractivity contribution in [1.29, 1.82) is 0 Å². The lowest BCUT2D eigenvalue weighted by molar-refractivity contribution is -0.384. The van der Waals surface area contributed by atoms with Gasteiger partial charge in [-0.2, -0.15) is 0 Å². The Labute approximate surface area is 109 Å². The molecule has 1 saturated carbocycles. The summed E-state index contributed by atoms with van der Waals surface area (Å²) in [6, 6.07) is 6.36. The standard InChI is InChI=1S/C14H13NO4/c16-14(17)13-10-5-4-9(6-10)12(13)8-2-1-3-11(7-8)15(18)19/h1-5,7,9-10,12-13H,6H2,(H,16,17)/t9-,10-,12-,13+/m0/s1. The van der Waals surface area contributed by atoms with Crippen LogP contribution in [0.2, 0.25) is 0 Å². The maximum absolute atomic E-state index is 11.4. The maximum Gasteiger partial charge on any atom is 0.307 e. The molecule has 98 valence electrons. The minimum absolute atomic E-state index is 0.0217. The minimum atomic E-state index is -0.812. The van der Waals surface area contributed by atoms with Gasteiger partial charge in [-0.05, 0) is 23.8 Å². The van der Waals surface area contributed by atoms with E-state index in [9.17, 15) is 20.0 Å². The van der Waals surface area contributed by atoms with Crippen molar-refractivity contribution < 1.29 is 14.8 Å². The van der Waals surface area contributed by atoms with Crippen molar-refractivity contribution in [3.8, 4) is 0 Å². The first-order valence-corrected chi connectivity index (χ1v) is 6.23. The number of carboxylic acid groups (broad SMARTS) is 1. The average Bonchev–Trinajstić information content (AvgIpc) is 2.98. The van der Waals surface area contributed by atoms with Crippen LogP contribution in [-0.2, 0) is 4.79 Å². The zero-order valence-electron chi connectivity index (χ0n) is 10.1. The molecule has 0 aromatic heterocycles. The van der Waals surface area contributed by atoms with Crippen molar-refractivity contribution in [1.82, 2.24) is 0 Å². The Morgan fingerprint density at radius 1 is 1.32 bits per heavy atom. The fraction of sp³-hybridized carbons (Fsp3) is 0.357. The molecule has 2 aliphatic rings. The molecule has 1 aromatic rings. The van der Waals surface area contributed by atoms with E-state index < -0.39 is 16.8 Å². The lowest BCUT2D eigenvalue weighted by Crippen LogP contribution is -2.25. The quantitative estimate of drug-likeness (QED) is 0.514. The molecule has 1 fully saturated rings. The Kier molecular flexibility index (Phi) is 2.62. The molecule has 0 amide bonds. The third-order valence-electron chi connectivity index (χ3n) is 4.21. The number of nitro benzene ring substituents is 1. The van der Waals surface area contributed by atoms with Gasteiger partial charge in [-0.1, -0.05) is 24.3 Å². The van der Waals surface area contributed by atoms with Crippen LogP contribution in [0.15, 0.2) is 36.4 Å². The molecule has 0 heterocycles. The molecule has 1 N–H and O–H groups in total. The lowest BCUT2D eigenvalue weighted by Gasteiger charge is -2.25. The topological polar surface area (TPSA) is 80.4 Å². The van der Waals surface area contributed by atoms with Crippen LogP contribution >= 0.6 is 0 Å². The summed E-state index contributed by atoms with van der Waals surface area (Å²) in [7, 11) is 0. The summed E-state index contributed by atoms with van der Waals surface area (Å²) in [6.07, 6.45) is 4.86. The molecule has 2 bridgehead atoms.